The van der Waals surface area contributed by atoms with E-state index in [1.807, 2.05) is 0 Å². The van der Waals surface area contributed by atoms with E-state index < -0.39 is 18.2 Å². The fraction of sp³-hybridized carbons (Fsp3) is 0.949. The third-order valence-corrected chi connectivity index (χ3v) is 14.1. The Balaban J connectivity index is 3.50. The Kier molecular flexibility index (Phi) is 53.9. The van der Waals surface area contributed by atoms with E-state index in [9.17, 15) is 20.1 Å². The summed E-state index contributed by atoms with van der Waals surface area (Å²) in [6.45, 7) is 4.21. The van der Waals surface area contributed by atoms with Gasteiger partial charge in [-0.3, -0.25) is 4.79 Å². The number of carbonyl (C=O) groups is 1. The highest BCUT2D eigenvalue weighted by atomic mass is 16.3. The van der Waals surface area contributed by atoms with Crippen LogP contribution in [0.2, 0.25) is 0 Å². The predicted molar refractivity (Wildman–Crippen MR) is 282 cm³/mol. The van der Waals surface area contributed by atoms with Gasteiger partial charge < -0.3 is 20.6 Å². The van der Waals surface area contributed by atoms with Gasteiger partial charge in [-0.2, -0.15) is 0 Å². The van der Waals surface area contributed by atoms with Crippen molar-refractivity contribution in [2.24, 2.45) is 0 Å². The van der Waals surface area contributed by atoms with Crippen molar-refractivity contribution in [1.29, 1.82) is 0 Å². The molecule has 4 N–H and O–H groups in total. The van der Waals surface area contributed by atoms with Crippen LogP contribution in [0, 0.1) is 0 Å². The Morgan fingerprint density at radius 3 is 0.906 bits per heavy atom. The number of carbonyl (C=O) groups excluding carboxylic acids is 1. The monoisotopic (exact) mass is 904 g/mol. The second kappa shape index (κ2) is 54.7. The van der Waals surface area contributed by atoms with Gasteiger partial charge in [0, 0.05) is 6.42 Å². The number of amides is 1. The molecule has 0 saturated heterocycles. The number of unbranched alkanes of at least 4 members (excludes halogenated alkanes) is 45. The van der Waals surface area contributed by atoms with Gasteiger partial charge in [0.2, 0.25) is 5.91 Å². The average molecular weight is 905 g/mol. The van der Waals surface area contributed by atoms with Crippen molar-refractivity contribution < 1.29 is 20.1 Å². The topological polar surface area (TPSA) is 89.8 Å². The number of hydrogen-bond acceptors (Lipinski definition) is 4. The largest absolute Gasteiger partial charge is 0.394 e. The maximum Gasteiger partial charge on any atom is 0.220 e. The second-order valence-corrected chi connectivity index (χ2v) is 20.6. The molecule has 0 heterocycles. The lowest BCUT2D eigenvalue weighted by atomic mass is 10.0. The quantitative estimate of drug-likeness (QED) is 0.0362. The molecule has 0 aliphatic heterocycles. The predicted octanol–water partition coefficient (Wildman–Crippen LogP) is 18.3. The zero-order valence-corrected chi connectivity index (χ0v) is 43.7. The smallest absolute Gasteiger partial charge is 0.220 e. The molecule has 0 aliphatic carbocycles. The summed E-state index contributed by atoms with van der Waals surface area (Å²) in [6.07, 6.45) is 68.1. The molecule has 64 heavy (non-hydrogen) atoms. The van der Waals surface area contributed by atoms with Gasteiger partial charge in [-0.05, 0) is 38.5 Å². The Morgan fingerprint density at radius 2 is 0.625 bits per heavy atom. The number of aliphatic hydroxyl groups excluding tert-OH is 3. The standard InChI is InChI=1S/C59H117NO4/c1-3-5-7-9-11-13-15-17-19-21-23-25-26-27-28-29-30-31-32-34-36-38-40-42-44-46-48-50-52-54-58(63)60-56(55-61)59(64)57(62)53-51-49-47-45-43-41-39-37-35-33-24-22-20-18-16-14-12-10-8-6-4-2/h45,47,56-57,59,61-62,64H,3-44,46,48-55H2,1-2H3,(H,60,63)/b47-45+. The van der Waals surface area contributed by atoms with Gasteiger partial charge in [-0.1, -0.05) is 302 Å². The summed E-state index contributed by atoms with van der Waals surface area (Å²) in [6, 6.07) is -0.823. The minimum atomic E-state index is -1.16. The molecule has 0 aromatic heterocycles. The highest BCUT2D eigenvalue weighted by molar-refractivity contribution is 5.76. The van der Waals surface area contributed by atoms with E-state index in [0.29, 0.717) is 12.8 Å². The van der Waals surface area contributed by atoms with Crippen molar-refractivity contribution in [1.82, 2.24) is 5.32 Å². The maximum absolute atomic E-state index is 12.5. The third kappa shape index (κ3) is 49.0. The van der Waals surface area contributed by atoms with Crippen molar-refractivity contribution in [3.05, 3.63) is 12.2 Å². The molecule has 5 heteroatoms. The van der Waals surface area contributed by atoms with Crippen molar-refractivity contribution in [2.75, 3.05) is 6.61 Å². The van der Waals surface area contributed by atoms with Crippen molar-refractivity contribution >= 4 is 5.91 Å². The fourth-order valence-electron chi connectivity index (χ4n) is 9.58. The first-order chi connectivity index (χ1) is 31.6. The Labute approximate surface area is 401 Å². The molecule has 0 rings (SSSR count). The summed E-state index contributed by atoms with van der Waals surface area (Å²) >= 11 is 0. The van der Waals surface area contributed by atoms with E-state index in [0.717, 1.165) is 38.5 Å². The Hall–Kier alpha value is -0.910. The van der Waals surface area contributed by atoms with Gasteiger partial charge in [-0.15, -0.1) is 0 Å². The summed E-state index contributed by atoms with van der Waals surface area (Å²) in [4.78, 5) is 12.5. The average Bonchev–Trinajstić information content (AvgIpc) is 3.30. The number of aliphatic hydroxyl groups is 3. The van der Waals surface area contributed by atoms with Crippen LogP contribution in [0.15, 0.2) is 12.2 Å². The van der Waals surface area contributed by atoms with E-state index in [1.165, 1.54) is 270 Å². The maximum atomic E-state index is 12.5. The van der Waals surface area contributed by atoms with Crippen LogP contribution in [-0.2, 0) is 4.79 Å². The molecule has 0 aliphatic rings. The van der Waals surface area contributed by atoms with Gasteiger partial charge in [0.05, 0.1) is 18.8 Å². The molecule has 0 saturated carbocycles. The first-order valence-electron chi connectivity index (χ1n) is 29.5. The number of nitrogens with one attached hydrogen (secondary N) is 1. The first-order valence-corrected chi connectivity index (χ1v) is 29.5. The molecular weight excluding hydrogens is 787 g/mol. The minimum Gasteiger partial charge on any atom is -0.394 e. The normalized spacial score (nSPS) is 13.3. The van der Waals surface area contributed by atoms with Crippen molar-refractivity contribution in [3.8, 4) is 0 Å². The van der Waals surface area contributed by atoms with E-state index in [4.69, 9.17) is 0 Å². The summed E-state index contributed by atoms with van der Waals surface area (Å²) in [7, 11) is 0. The molecule has 0 aromatic rings. The van der Waals surface area contributed by atoms with Crippen LogP contribution in [-0.4, -0.2) is 46.1 Å². The molecule has 0 fully saturated rings. The lowest BCUT2D eigenvalue weighted by Gasteiger charge is -2.26. The minimum absolute atomic E-state index is 0.146. The molecule has 0 radical (unpaired) electrons. The number of allylic oxidation sites excluding steroid dienone is 2. The number of rotatable bonds is 55. The van der Waals surface area contributed by atoms with Crippen LogP contribution in [0.25, 0.3) is 0 Å². The molecule has 1 amide bonds. The molecule has 3 atom stereocenters. The van der Waals surface area contributed by atoms with Crippen molar-refractivity contribution in [3.63, 3.8) is 0 Å². The SMILES string of the molecule is CCCCCCCCCCCCCCCCCC/C=C/CCCC(O)C(O)C(CO)NC(=O)CCCCCCCCCCCCCCCCCCCCCCCCCCCCCCC. The highest BCUT2D eigenvalue weighted by Gasteiger charge is 2.26. The third-order valence-electron chi connectivity index (χ3n) is 14.1. The molecule has 5 nitrogen and oxygen atoms in total. The van der Waals surface area contributed by atoms with Crippen LogP contribution in [0.5, 0.6) is 0 Å². The Bertz CT molecular complexity index is 909. The van der Waals surface area contributed by atoms with Crippen LogP contribution in [0.4, 0.5) is 0 Å². The van der Waals surface area contributed by atoms with E-state index in [1.54, 1.807) is 0 Å². The first kappa shape index (κ1) is 63.1. The van der Waals surface area contributed by atoms with Gasteiger partial charge in [-0.25, -0.2) is 0 Å². The van der Waals surface area contributed by atoms with Gasteiger partial charge in [0.25, 0.3) is 0 Å². The zero-order valence-electron chi connectivity index (χ0n) is 43.7. The fourth-order valence-corrected chi connectivity index (χ4v) is 9.58. The van der Waals surface area contributed by atoms with E-state index >= 15 is 0 Å². The molecule has 0 aromatic carbocycles. The molecule has 382 valence electrons. The van der Waals surface area contributed by atoms with Crippen LogP contribution in [0.3, 0.4) is 0 Å². The Morgan fingerprint density at radius 1 is 0.375 bits per heavy atom. The molecule has 3 unspecified atom stereocenters. The van der Waals surface area contributed by atoms with E-state index in [2.05, 4.69) is 31.3 Å². The summed E-state index contributed by atoms with van der Waals surface area (Å²) in [5.74, 6) is -0.146. The van der Waals surface area contributed by atoms with Gasteiger partial charge in [0.1, 0.15) is 6.10 Å². The van der Waals surface area contributed by atoms with Crippen molar-refractivity contribution in [2.45, 2.75) is 353 Å². The van der Waals surface area contributed by atoms with Crippen LogP contribution < -0.4 is 5.32 Å². The summed E-state index contributed by atoms with van der Waals surface area (Å²) < 4.78 is 0. The van der Waals surface area contributed by atoms with Gasteiger partial charge >= 0.3 is 0 Å². The summed E-state index contributed by atoms with van der Waals surface area (Å²) in [5, 5.41) is 33.8. The molecular formula is C59H117NO4. The lowest BCUT2D eigenvalue weighted by molar-refractivity contribution is -0.124. The second-order valence-electron chi connectivity index (χ2n) is 20.6. The van der Waals surface area contributed by atoms with E-state index in [-0.39, 0.29) is 12.5 Å². The lowest BCUT2D eigenvalue weighted by Crippen LogP contribution is -2.50. The van der Waals surface area contributed by atoms with Crippen LogP contribution in [0.1, 0.15) is 335 Å². The van der Waals surface area contributed by atoms with Gasteiger partial charge in [0.15, 0.2) is 0 Å². The molecule has 0 bridgehead atoms. The highest BCUT2D eigenvalue weighted by Crippen LogP contribution is 2.18. The summed E-state index contributed by atoms with van der Waals surface area (Å²) in [5.41, 5.74) is 0. The zero-order chi connectivity index (χ0) is 46.5. The van der Waals surface area contributed by atoms with Crippen LogP contribution >= 0.6 is 0 Å². The number of hydrogen-bond donors (Lipinski definition) is 4. The molecule has 0 spiro atoms.